The molecule has 0 aromatic carbocycles. The van der Waals surface area contributed by atoms with Gasteiger partial charge in [-0.1, -0.05) is 0 Å². The van der Waals surface area contributed by atoms with Gasteiger partial charge in [0.25, 0.3) is 0 Å². The van der Waals surface area contributed by atoms with Crippen molar-refractivity contribution in [3.05, 3.63) is 0 Å². The van der Waals surface area contributed by atoms with Crippen LogP contribution in [-0.4, -0.2) is 18.9 Å². The zero-order valence-electron chi connectivity index (χ0n) is 6.36. The Morgan fingerprint density at radius 3 is 1.64 bits per heavy atom. The van der Waals surface area contributed by atoms with Crippen molar-refractivity contribution in [3.8, 4) is 0 Å². The predicted octanol–water partition coefficient (Wildman–Crippen LogP) is 0.760. The minimum atomic E-state index is -0.120. The summed E-state index contributed by atoms with van der Waals surface area (Å²) in [5, 5.41) is 0. The molecule has 0 aliphatic heterocycles. The van der Waals surface area contributed by atoms with E-state index in [2.05, 4.69) is 0 Å². The lowest BCUT2D eigenvalue weighted by atomic mass is 10.0. The number of carbonyl (C=O) groups is 3. The van der Waals surface area contributed by atoms with E-state index in [0.29, 0.717) is 25.7 Å². The van der Waals surface area contributed by atoms with Crippen molar-refractivity contribution in [3.63, 3.8) is 0 Å². The van der Waals surface area contributed by atoms with Crippen LogP contribution in [0.4, 0.5) is 0 Å². The zero-order chi connectivity index (χ0) is 8.53. The van der Waals surface area contributed by atoms with Gasteiger partial charge in [0, 0.05) is 18.8 Å². The molecule has 0 saturated heterocycles. The van der Waals surface area contributed by atoms with Crippen molar-refractivity contribution < 1.29 is 14.4 Å². The van der Waals surface area contributed by atoms with E-state index in [1.807, 2.05) is 0 Å². The van der Waals surface area contributed by atoms with E-state index in [1.54, 1.807) is 0 Å². The number of hydrogen-bond donors (Lipinski definition) is 0. The Bertz CT molecular complexity index is 119. The largest absolute Gasteiger partial charge is 0.303 e. The summed E-state index contributed by atoms with van der Waals surface area (Å²) in [4.78, 5) is 30.1. The molecule has 3 heteroatoms. The lowest BCUT2D eigenvalue weighted by molar-refractivity contribution is -0.112. The van der Waals surface area contributed by atoms with Gasteiger partial charge in [-0.05, 0) is 12.8 Å². The maximum absolute atomic E-state index is 10.3. The lowest BCUT2D eigenvalue weighted by Gasteiger charge is -2.03. The molecule has 0 heterocycles. The molecule has 0 aromatic heterocycles. The van der Waals surface area contributed by atoms with E-state index < -0.39 is 0 Å². The summed E-state index contributed by atoms with van der Waals surface area (Å²) in [6.45, 7) is 0. The number of aldehydes is 3. The Labute approximate surface area is 65.8 Å². The summed E-state index contributed by atoms with van der Waals surface area (Å²) in [6.07, 6.45) is 4.34. The molecule has 0 amide bonds. The maximum Gasteiger partial charge on any atom is 0.123 e. The third kappa shape index (κ3) is 5.45. The fourth-order valence-corrected chi connectivity index (χ4v) is 0.845. The number of hydrogen-bond acceptors (Lipinski definition) is 3. The van der Waals surface area contributed by atoms with Crippen molar-refractivity contribution in [2.75, 3.05) is 0 Å². The summed E-state index contributed by atoms with van der Waals surface area (Å²) in [5.74, 6) is -0.120. The molecule has 11 heavy (non-hydrogen) atoms. The van der Waals surface area contributed by atoms with Crippen LogP contribution in [-0.2, 0) is 14.4 Å². The number of carbonyl (C=O) groups excluding carboxylic acids is 3. The molecule has 0 fully saturated rings. The van der Waals surface area contributed by atoms with Crippen LogP contribution in [0.1, 0.15) is 25.7 Å². The highest BCUT2D eigenvalue weighted by molar-refractivity contribution is 5.57. The maximum atomic E-state index is 10.3. The molecule has 0 rings (SSSR count). The first-order valence-electron chi connectivity index (χ1n) is 3.67. The van der Waals surface area contributed by atoms with Crippen molar-refractivity contribution in [2.45, 2.75) is 25.7 Å². The summed E-state index contributed by atoms with van der Waals surface area (Å²) < 4.78 is 0. The quantitative estimate of drug-likeness (QED) is 0.511. The normalized spacial score (nSPS) is 9.55. The van der Waals surface area contributed by atoms with Crippen LogP contribution < -0.4 is 0 Å². The first-order valence-corrected chi connectivity index (χ1v) is 3.67. The van der Waals surface area contributed by atoms with Gasteiger partial charge in [-0.2, -0.15) is 0 Å². The minimum Gasteiger partial charge on any atom is -0.303 e. The minimum absolute atomic E-state index is 0.120. The van der Waals surface area contributed by atoms with Crippen LogP contribution in [0.3, 0.4) is 0 Å². The van der Waals surface area contributed by atoms with Crippen molar-refractivity contribution in [1.82, 2.24) is 0 Å². The molecule has 0 bridgehead atoms. The van der Waals surface area contributed by atoms with Gasteiger partial charge < -0.3 is 14.4 Å². The van der Waals surface area contributed by atoms with Gasteiger partial charge in [0.15, 0.2) is 0 Å². The standard InChI is InChI=1S/C8H12O3/c9-5-1-3-8(7-11)4-2-6-10/h5-8H,1-4H2. The van der Waals surface area contributed by atoms with Gasteiger partial charge in [-0.15, -0.1) is 0 Å². The smallest absolute Gasteiger partial charge is 0.123 e. The third-order valence-electron chi connectivity index (χ3n) is 1.50. The van der Waals surface area contributed by atoms with Crippen LogP contribution in [0.15, 0.2) is 0 Å². The molecule has 0 unspecified atom stereocenters. The Kier molecular flexibility index (Phi) is 6.48. The average Bonchev–Trinajstić information content (AvgIpc) is 2.05. The topological polar surface area (TPSA) is 51.2 Å². The first kappa shape index (κ1) is 10.0. The van der Waals surface area contributed by atoms with Gasteiger partial charge in [0.1, 0.15) is 18.9 Å². The molecule has 3 nitrogen and oxygen atoms in total. The molecule has 0 aliphatic carbocycles. The van der Waals surface area contributed by atoms with Crippen molar-refractivity contribution in [1.29, 1.82) is 0 Å². The van der Waals surface area contributed by atoms with Gasteiger partial charge in [-0.25, -0.2) is 0 Å². The molecule has 0 spiro atoms. The summed E-state index contributed by atoms with van der Waals surface area (Å²) in [5.41, 5.74) is 0. The predicted molar refractivity (Wildman–Crippen MR) is 40.2 cm³/mol. The highest BCUT2D eigenvalue weighted by atomic mass is 16.1. The third-order valence-corrected chi connectivity index (χ3v) is 1.50. The average molecular weight is 156 g/mol. The van der Waals surface area contributed by atoms with Crippen LogP contribution in [0, 0.1) is 5.92 Å². The molecule has 0 aliphatic rings. The van der Waals surface area contributed by atoms with Crippen LogP contribution >= 0.6 is 0 Å². The zero-order valence-corrected chi connectivity index (χ0v) is 6.36. The van der Waals surface area contributed by atoms with E-state index in [0.717, 1.165) is 18.9 Å². The molecular formula is C8H12O3. The Balaban J connectivity index is 3.47. The van der Waals surface area contributed by atoms with Gasteiger partial charge in [0.2, 0.25) is 0 Å². The molecule has 0 atom stereocenters. The van der Waals surface area contributed by atoms with Crippen molar-refractivity contribution >= 4 is 18.9 Å². The Hall–Kier alpha value is -0.990. The molecule has 0 aromatic rings. The summed E-state index contributed by atoms with van der Waals surface area (Å²) in [6, 6.07) is 0. The van der Waals surface area contributed by atoms with E-state index in [1.165, 1.54) is 0 Å². The monoisotopic (exact) mass is 156 g/mol. The Morgan fingerprint density at radius 2 is 1.36 bits per heavy atom. The first-order chi connectivity index (χ1) is 5.35. The van der Waals surface area contributed by atoms with Gasteiger partial charge in [0.05, 0.1) is 0 Å². The second kappa shape index (κ2) is 7.12. The second-order valence-electron chi connectivity index (χ2n) is 2.38. The number of rotatable bonds is 7. The second-order valence-corrected chi connectivity index (χ2v) is 2.38. The fourth-order valence-electron chi connectivity index (χ4n) is 0.845. The highest BCUT2D eigenvalue weighted by Gasteiger charge is 2.05. The van der Waals surface area contributed by atoms with E-state index in [4.69, 9.17) is 0 Å². The summed E-state index contributed by atoms with van der Waals surface area (Å²) in [7, 11) is 0. The van der Waals surface area contributed by atoms with Gasteiger partial charge in [-0.3, -0.25) is 0 Å². The van der Waals surface area contributed by atoms with Crippen LogP contribution in [0.2, 0.25) is 0 Å². The van der Waals surface area contributed by atoms with Gasteiger partial charge >= 0.3 is 0 Å². The van der Waals surface area contributed by atoms with Crippen LogP contribution in [0.5, 0.6) is 0 Å². The lowest BCUT2D eigenvalue weighted by Crippen LogP contribution is -2.02. The molecular weight excluding hydrogens is 144 g/mol. The van der Waals surface area contributed by atoms with E-state index in [-0.39, 0.29) is 5.92 Å². The molecule has 0 saturated carbocycles. The fraction of sp³-hybridized carbons (Fsp3) is 0.625. The molecule has 0 N–H and O–H groups in total. The molecule has 62 valence electrons. The molecule has 0 radical (unpaired) electrons. The van der Waals surface area contributed by atoms with E-state index >= 15 is 0 Å². The van der Waals surface area contributed by atoms with E-state index in [9.17, 15) is 14.4 Å². The van der Waals surface area contributed by atoms with Crippen LogP contribution in [0.25, 0.3) is 0 Å². The summed E-state index contributed by atoms with van der Waals surface area (Å²) >= 11 is 0. The van der Waals surface area contributed by atoms with Crippen molar-refractivity contribution in [2.24, 2.45) is 5.92 Å². The SMILES string of the molecule is O=CCCC(C=O)CCC=O. The Morgan fingerprint density at radius 1 is 0.909 bits per heavy atom. The highest BCUT2D eigenvalue weighted by Crippen LogP contribution is 2.08.